The van der Waals surface area contributed by atoms with Crippen molar-refractivity contribution >= 4 is 12.0 Å². The summed E-state index contributed by atoms with van der Waals surface area (Å²) < 4.78 is 5.30. The Labute approximate surface area is 101 Å². The summed E-state index contributed by atoms with van der Waals surface area (Å²) in [5.74, 6) is 1.20. The molecule has 4 heteroatoms. The van der Waals surface area contributed by atoms with Gasteiger partial charge in [-0.05, 0) is 38.5 Å². The molecule has 0 aliphatic carbocycles. The maximum Gasteiger partial charge on any atom is 0.244 e. The Kier molecular flexibility index (Phi) is 4.52. The van der Waals surface area contributed by atoms with E-state index in [1.165, 1.54) is 6.08 Å². The second kappa shape index (κ2) is 5.68. The lowest BCUT2D eigenvalue weighted by atomic mass is 10.0. The molecular weight excluding hydrogens is 218 g/mol. The van der Waals surface area contributed by atoms with Gasteiger partial charge < -0.3 is 14.8 Å². The van der Waals surface area contributed by atoms with Gasteiger partial charge in [-0.25, -0.2) is 0 Å². The summed E-state index contributed by atoms with van der Waals surface area (Å²) in [4.78, 5) is 11.6. The smallest absolute Gasteiger partial charge is 0.244 e. The van der Waals surface area contributed by atoms with Crippen LogP contribution in [0.15, 0.2) is 22.6 Å². The highest BCUT2D eigenvalue weighted by Gasteiger charge is 2.21. The first kappa shape index (κ1) is 13.5. The number of carbonyl (C=O) groups is 1. The molecule has 1 aromatic rings. The molecule has 0 aromatic carbocycles. The van der Waals surface area contributed by atoms with Crippen molar-refractivity contribution in [3.05, 3.63) is 29.7 Å². The molecule has 0 saturated carbocycles. The minimum Gasteiger partial charge on any atom is -0.462 e. The lowest BCUT2D eigenvalue weighted by Crippen LogP contribution is -2.47. The molecule has 94 valence electrons. The quantitative estimate of drug-likeness (QED) is 0.768. The Morgan fingerprint density at radius 2 is 2.29 bits per heavy atom. The van der Waals surface area contributed by atoms with Crippen molar-refractivity contribution < 1.29 is 14.3 Å². The van der Waals surface area contributed by atoms with Crippen LogP contribution < -0.4 is 5.32 Å². The normalized spacial score (nSPS) is 14.8. The van der Waals surface area contributed by atoms with Crippen LogP contribution in [0.5, 0.6) is 0 Å². The SMILES string of the molecule is CCC(C)(CO)NC(=O)C=Cc1ccc(C)o1. The second-order valence-electron chi connectivity index (χ2n) is 4.34. The summed E-state index contributed by atoms with van der Waals surface area (Å²) in [6, 6.07) is 3.63. The van der Waals surface area contributed by atoms with Gasteiger partial charge in [0.15, 0.2) is 0 Å². The Hall–Kier alpha value is -1.55. The summed E-state index contributed by atoms with van der Waals surface area (Å²) >= 11 is 0. The van der Waals surface area contributed by atoms with E-state index in [1.807, 2.05) is 19.9 Å². The maximum absolute atomic E-state index is 11.6. The molecule has 0 saturated heterocycles. The fourth-order valence-corrected chi connectivity index (χ4v) is 1.28. The highest BCUT2D eigenvalue weighted by atomic mass is 16.3. The number of nitrogens with one attached hydrogen (secondary N) is 1. The van der Waals surface area contributed by atoms with Crippen LogP contribution in [0, 0.1) is 6.92 Å². The molecule has 0 aliphatic heterocycles. The zero-order chi connectivity index (χ0) is 12.9. The van der Waals surface area contributed by atoms with E-state index in [1.54, 1.807) is 19.1 Å². The number of aliphatic hydroxyl groups excluding tert-OH is 1. The van der Waals surface area contributed by atoms with Crippen molar-refractivity contribution in [1.82, 2.24) is 5.32 Å². The third-order valence-corrected chi connectivity index (χ3v) is 2.71. The van der Waals surface area contributed by atoms with E-state index in [0.29, 0.717) is 12.2 Å². The Bertz CT molecular complexity index is 403. The fraction of sp³-hybridized carbons (Fsp3) is 0.462. The van der Waals surface area contributed by atoms with Crippen LogP contribution in [0.2, 0.25) is 0 Å². The van der Waals surface area contributed by atoms with E-state index in [4.69, 9.17) is 9.52 Å². The average molecular weight is 237 g/mol. The number of aryl methyl sites for hydroxylation is 1. The van der Waals surface area contributed by atoms with E-state index >= 15 is 0 Å². The topological polar surface area (TPSA) is 62.5 Å². The van der Waals surface area contributed by atoms with Crippen molar-refractivity contribution in [2.75, 3.05) is 6.61 Å². The van der Waals surface area contributed by atoms with Crippen LogP contribution in [-0.2, 0) is 4.79 Å². The highest BCUT2D eigenvalue weighted by molar-refractivity contribution is 5.91. The average Bonchev–Trinajstić information content (AvgIpc) is 2.72. The van der Waals surface area contributed by atoms with Gasteiger partial charge in [-0.1, -0.05) is 6.92 Å². The number of aliphatic hydroxyl groups is 1. The third-order valence-electron chi connectivity index (χ3n) is 2.71. The number of rotatable bonds is 5. The van der Waals surface area contributed by atoms with Gasteiger partial charge in [-0.3, -0.25) is 4.79 Å². The molecule has 4 nitrogen and oxygen atoms in total. The molecule has 2 N–H and O–H groups in total. The lowest BCUT2D eigenvalue weighted by molar-refractivity contribution is -0.118. The Morgan fingerprint density at radius 3 is 2.76 bits per heavy atom. The van der Waals surface area contributed by atoms with E-state index in [-0.39, 0.29) is 12.5 Å². The van der Waals surface area contributed by atoms with Gasteiger partial charge in [0.25, 0.3) is 0 Å². The van der Waals surface area contributed by atoms with Crippen molar-refractivity contribution in [3.63, 3.8) is 0 Å². The first-order valence-corrected chi connectivity index (χ1v) is 5.66. The third kappa shape index (κ3) is 4.07. The number of carbonyl (C=O) groups excluding carboxylic acids is 1. The van der Waals surface area contributed by atoms with Gasteiger partial charge in [0, 0.05) is 6.08 Å². The highest BCUT2D eigenvalue weighted by Crippen LogP contribution is 2.09. The number of furan rings is 1. The van der Waals surface area contributed by atoms with Crippen LogP contribution in [-0.4, -0.2) is 23.2 Å². The monoisotopic (exact) mass is 237 g/mol. The van der Waals surface area contributed by atoms with Crippen LogP contribution in [0.1, 0.15) is 31.8 Å². The first-order valence-electron chi connectivity index (χ1n) is 5.66. The predicted molar refractivity (Wildman–Crippen MR) is 66.4 cm³/mol. The number of hydrogen-bond donors (Lipinski definition) is 2. The van der Waals surface area contributed by atoms with Crippen molar-refractivity contribution in [3.8, 4) is 0 Å². The lowest BCUT2D eigenvalue weighted by Gasteiger charge is -2.26. The molecule has 1 aromatic heterocycles. The molecule has 0 radical (unpaired) electrons. The van der Waals surface area contributed by atoms with Crippen molar-refractivity contribution in [2.24, 2.45) is 0 Å². The molecule has 0 spiro atoms. The molecular formula is C13H19NO3. The molecule has 1 unspecified atom stereocenters. The number of hydrogen-bond acceptors (Lipinski definition) is 3. The van der Waals surface area contributed by atoms with E-state index < -0.39 is 5.54 Å². The van der Waals surface area contributed by atoms with Crippen LogP contribution >= 0.6 is 0 Å². The van der Waals surface area contributed by atoms with Crippen LogP contribution in [0.25, 0.3) is 6.08 Å². The molecule has 1 heterocycles. The van der Waals surface area contributed by atoms with E-state index in [2.05, 4.69) is 5.32 Å². The van der Waals surface area contributed by atoms with Gasteiger partial charge in [-0.2, -0.15) is 0 Å². The van der Waals surface area contributed by atoms with Gasteiger partial charge >= 0.3 is 0 Å². The summed E-state index contributed by atoms with van der Waals surface area (Å²) in [5.41, 5.74) is -0.569. The molecule has 1 rings (SSSR count). The van der Waals surface area contributed by atoms with Crippen molar-refractivity contribution in [2.45, 2.75) is 32.7 Å². The summed E-state index contributed by atoms with van der Waals surface area (Å²) in [6.45, 7) is 5.48. The number of amides is 1. The fourth-order valence-electron chi connectivity index (χ4n) is 1.28. The van der Waals surface area contributed by atoms with E-state index in [0.717, 1.165) is 5.76 Å². The van der Waals surface area contributed by atoms with Gasteiger partial charge in [0.1, 0.15) is 11.5 Å². The van der Waals surface area contributed by atoms with Crippen LogP contribution in [0.4, 0.5) is 0 Å². The van der Waals surface area contributed by atoms with E-state index in [9.17, 15) is 4.79 Å². The molecule has 17 heavy (non-hydrogen) atoms. The predicted octanol–water partition coefficient (Wildman–Crippen LogP) is 1.88. The molecule has 1 amide bonds. The Balaban J connectivity index is 2.58. The summed E-state index contributed by atoms with van der Waals surface area (Å²) in [7, 11) is 0. The largest absolute Gasteiger partial charge is 0.462 e. The molecule has 0 bridgehead atoms. The minimum atomic E-state index is -0.569. The molecule has 1 atom stereocenters. The van der Waals surface area contributed by atoms with Gasteiger partial charge in [0.2, 0.25) is 5.91 Å². The Morgan fingerprint density at radius 1 is 1.59 bits per heavy atom. The maximum atomic E-state index is 11.6. The molecule has 0 fully saturated rings. The van der Waals surface area contributed by atoms with Gasteiger partial charge in [-0.15, -0.1) is 0 Å². The van der Waals surface area contributed by atoms with Gasteiger partial charge in [0.05, 0.1) is 12.1 Å². The zero-order valence-corrected chi connectivity index (χ0v) is 10.5. The minimum absolute atomic E-state index is 0.0804. The molecule has 0 aliphatic rings. The second-order valence-corrected chi connectivity index (χ2v) is 4.34. The standard InChI is InChI=1S/C13H19NO3/c1-4-13(3,9-15)14-12(16)8-7-11-6-5-10(2)17-11/h5-8,15H,4,9H2,1-3H3,(H,14,16). The summed E-state index contributed by atoms with van der Waals surface area (Å²) in [6.07, 6.45) is 3.68. The van der Waals surface area contributed by atoms with Crippen LogP contribution in [0.3, 0.4) is 0 Å². The van der Waals surface area contributed by atoms with Crippen molar-refractivity contribution in [1.29, 1.82) is 0 Å². The zero-order valence-electron chi connectivity index (χ0n) is 10.5. The summed E-state index contributed by atoms with van der Waals surface area (Å²) in [5, 5.41) is 11.9. The first-order chi connectivity index (χ1) is 7.99.